The second-order valence-corrected chi connectivity index (χ2v) is 18.4. The minimum Gasteiger partial charge on any atom is -0.491 e. The van der Waals surface area contributed by atoms with Crippen molar-refractivity contribution in [2.45, 2.75) is 62.7 Å². The van der Waals surface area contributed by atoms with Crippen molar-refractivity contribution in [2.75, 3.05) is 76.4 Å². The third kappa shape index (κ3) is 10.2. The number of nitrogens with zero attached hydrogens (tertiary/aromatic N) is 9. The fourth-order valence-corrected chi connectivity index (χ4v) is 10.2. The summed E-state index contributed by atoms with van der Waals surface area (Å²) in [4.78, 5) is 78.5. The quantitative estimate of drug-likeness (QED) is 0.0808. The molecular weight excluding hydrogens is 931 g/mol. The van der Waals surface area contributed by atoms with Gasteiger partial charge in [0.25, 0.3) is 11.8 Å². The molecule has 4 aromatic heterocycles. The lowest BCUT2D eigenvalue weighted by Gasteiger charge is -2.47. The minimum atomic E-state index is -1.03. The molecule has 6 aromatic rings. The topological polar surface area (TPSA) is 225 Å². The number of fused-ring (bicyclic) bond motifs is 2. The first kappa shape index (κ1) is 48.3. The van der Waals surface area contributed by atoms with E-state index in [9.17, 15) is 28.0 Å². The molecule has 3 fully saturated rings. The van der Waals surface area contributed by atoms with Gasteiger partial charge in [-0.25, -0.2) is 23.7 Å². The van der Waals surface area contributed by atoms with Gasteiger partial charge in [-0.05, 0) is 105 Å². The number of hydrogen-bond donors (Lipinski definition) is 3. The summed E-state index contributed by atoms with van der Waals surface area (Å²) in [6.07, 6.45) is 10.5. The lowest BCUT2D eigenvalue weighted by atomic mass is 9.83. The van der Waals surface area contributed by atoms with E-state index >= 15 is 0 Å². The molecule has 10 rings (SSSR count). The monoisotopic (exact) mass is 984 g/mol. The van der Waals surface area contributed by atoms with Crippen LogP contribution >= 0.6 is 0 Å². The number of imidazole rings is 1. The number of nitrogens with two attached hydrogens (primary N) is 1. The first-order chi connectivity index (χ1) is 35.0. The fraction of sp³-hybridized carbons (Fsp3) is 0.392. The summed E-state index contributed by atoms with van der Waals surface area (Å²) >= 11 is 0. The molecule has 72 heavy (non-hydrogen) atoms. The van der Waals surface area contributed by atoms with Crippen LogP contribution < -0.4 is 26.0 Å². The summed E-state index contributed by atoms with van der Waals surface area (Å²) in [6.45, 7) is 6.19. The van der Waals surface area contributed by atoms with Crippen LogP contribution in [0.5, 0.6) is 5.75 Å². The highest BCUT2D eigenvalue weighted by molar-refractivity contribution is 6.23. The Bertz CT molecular complexity index is 2990. The van der Waals surface area contributed by atoms with Crippen LogP contribution in [0.1, 0.15) is 70.5 Å². The molecular formula is C51H54F2N12O7. The molecule has 3 saturated heterocycles. The summed E-state index contributed by atoms with van der Waals surface area (Å²) in [5.41, 5.74) is 10.8. The number of hydrogen-bond acceptors (Lipinski definition) is 16. The van der Waals surface area contributed by atoms with Gasteiger partial charge in [0.05, 0.1) is 79.2 Å². The van der Waals surface area contributed by atoms with Gasteiger partial charge in [0, 0.05) is 43.9 Å². The van der Waals surface area contributed by atoms with Crippen LogP contribution in [-0.4, -0.2) is 141 Å². The maximum atomic E-state index is 14.5. The van der Waals surface area contributed by atoms with Crippen molar-refractivity contribution in [3.05, 3.63) is 120 Å². The zero-order chi connectivity index (χ0) is 49.8. The lowest BCUT2D eigenvalue weighted by Crippen LogP contribution is -2.59. The van der Waals surface area contributed by atoms with Gasteiger partial charge in [-0.15, -0.1) is 0 Å². The van der Waals surface area contributed by atoms with E-state index in [-0.39, 0.29) is 49.0 Å². The van der Waals surface area contributed by atoms with Gasteiger partial charge in [0.15, 0.2) is 23.1 Å². The molecule has 0 aliphatic carbocycles. The lowest BCUT2D eigenvalue weighted by molar-refractivity contribution is -0.136. The van der Waals surface area contributed by atoms with E-state index in [0.717, 1.165) is 85.8 Å². The van der Waals surface area contributed by atoms with Gasteiger partial charge >= 0.3 is 0 Å². The van der Waals surface area contributed by atoms with Crippen molar-refractivity contribution in [2.24, 2.45) is 0 Å². The molecule has 374 valence electrons. The Hall–Kier alpha value is -7.33. The van der Waals surface area contributed by atoms with Crippen molar-refractivity contribution < 1.29 is 42.2 Å². The van der Waals surface area contributed by atoms with E-state index in [1.807, 2.05) is 35.2 Å². The summed E-state index contributed by atoms with van der Waals surface area (Å²) in [7, 11) is 0. The number of likely N-dealkylation sites (tertiary alicyclic amines) is 1. The number of halogens is 2. The molecule has 4 amide bonds. The Morgan fingerprint density at radius 3 is 2.44 bits per heavy atom. The largest absolute Gasteiger partial charge is 0.491 e. The second kappa shape index (κ2) is 21.2. The first-order valence-corrected chi connectivity index (χ1v) is 24.2. The van der Waals surface area contributed by atoms with Gasteiger partial charge in [-0.1, -0.05) is 6.07 Å². The smallest absolute Gasteiger partial charge is 0.262 e. The average molecular weight is 985 g/mol. The Kier molecular flexibility index (Phi) is 14.2. The minimum absolute atomic E-state index is 0.0508. The SMILES string of the molecule is Nc1ncnc2c1ncn2Cc1cc(-c2ccc(F)c(F)c2)ncc1N1CCC[C@](NC2CCN(CCOCCOCCOc3ccc4c(c3)C(=O)N(C3CCC(=O)NC3=O)C4=O)CC2)(c2ccccn2)C1. The number of rotatable bonds is 18. The van der Waals surface area contributed by atoms with Crippen molar-refractivity contribution >= 4 is 46.3 Å². The van der Waals surface area contributed by atoms with Crippen LogP contribution in [0.25, 0.3) is 22.4 Å². The van der Waals surface area contributed by atoms with Crippen molar-refractivity contribution in [1.82, 2.24) is 49.9 Å². The van der Waals surface area contributed by atoms with E-state index in [1.54, 1.807) is 12.4 Å². The van der Waals surface area contributed by atoms with Crippen LogP contribution in [-0.2, 0) is 31.1 Å². The van der Waals surface area contributed by atoms with Gasteiger partial charge in [0.2, 0.25) is 11.8 Å². The molecule has 19 nitrogen and oxygen atoms in total. The van der Waals surface area contributed by atoms with E-state index in [1.165, 1.54) is 24.5 Å². The zero-order valence-electron chi connectivity index (χ0n) is 39.5. The molecule has 4 aliphatic heterocycles. The van der Waals surface area contributed by atoms with Crippen LogP contribution in [0.2, 0.25) is 0 Å². The summed E-state index contributed by atoms with van der Waals surface area (Å²) < 4.78 is 47.8. The predicted octanol–water partition coefficient (Wildman–Crippen LogP) is 4.26. The molecule has 0 spiro atoms. The highest BCUT2D eigenvalue weighted by Gasteiger charge is 2.45. The van der Waals surface area contributed by atoms with Gasteiger partial charge < -0.3 is 39.6 Å². The molecule has 21 heteroatoms. The summed E-state index contributed by atoms with van der Waals surface area (Å²) in [5.74, 6) is -3.45. The maximum Gasteiger partial charge on any atom is 0.262 e. The number of anilines is 2. The van der Waals surface area contributed by atoms with E-state index < -0.39 is 46.8 Å². The van der Waals surface area contributed by atoms with E-state index in [2.05, 4.69) is 41.5 Å². The van der Waals surface area contributed by atoms with Crippen molar-refractivity contribution in [3.63, 3.8) is 0 Å². The number of ether oxygens (including phenoxy) is 3. The van der Waals surface area contributed by atoms with Gasteiger partial charge in [-0.2, -0.15) is 0 Å². The van der Waals surface area contributed by atoms with Gasteiger partial charge in [-0.3, -0.25) is 39.4 Å². The normalized spacial score (nSPS) is 19.8. The third-order valence-electron chi connectivity index (χ3n) is 13.8. The van der Waals surface area contributed by atoms with Crippen LogP contribution in [0, 0.1) is 11.6 Å². The zero-order valence-corrected chi connectivity index (χ0v) is 39.5. The van der Waals surface area contributed by atoms with Crippen molar-refractivity contribution in [3.8, 4) is 17.0 Å². The first-order valence-electron chi connectivity index (χ1n) is 24.2. The highest BCUT2D eigenvalue weighted by atomic mass is 19.2. The Morgan fingerprint density at radius 1 is 0.819 bits per heavy atom. The predicted molar refractivity (Wildman–Crippen MR) is 259 cm³/mol. The number of nitrogen functional groups attached to an aromatic ring is 1. The maximum absolute atomic E-state index is 14.5. The number of carbonyl (C=O) groups is 4. The highest BCUT2D eigenvalue weighted by Crippen LogP contribution is 2.37. The molecule has 1 unspecified atom stereocenters. The second-order valence-electron chi connectivity index (χ2n) is 18.4. The molecule has 0 bridgehead atoms. The number of imide groups is 2. The van der Waals surface area contributed by atoms with E-state index in [4.69, 9.17) is 29.9 Å². The third-order valence-corrected chi connectivity index (χ3v) is 13.8. The number of pyridine rings is 2. The number of piperidine rings is 3. The van der Waals surface area contributed by atoms with Crippen LogP contribution in [0.15, 0.2) is 85.7 Å². The molecule has 2 aromatic carbocycles. The van der Waals surface area contributed by atoms with Crippen LogP contribution in [0.4, 0.5) is 20.3 Å². The van der Waals surface area contributed by atoms with E-state index in [0.29, 0.717) is 61.1 Å². The fourth-order valence-electron chi connectivity index (χ4n) is 10.2. The van der Waals surface area contributed by atoms with Crippen molar-refractivity contribution in [1.29, 1.82) is 0 Å². The average Bonchev–Trinajstić information content (AvgIpc) is 3.91. The van der Waals surface area contributed by atoms with Gasteiger partial charge in [0.1, 0.15) is 30.2 Å². The molecule has 4 N–H and O–H groups in total. The number of aromatic nitrogens is 6. The Labute approximate surface area is 413 Å². The molecule has 8 heterocycles. The number of amides is 4. The standard InChI is InChI=1S/C51H54F2N12O7/c52-38-8-5-32(24-39(38)53)40-25-33(28-64-31-59-45-46(54)57-30-58-47(45)64)42(27-56-40)63-15-3-13-51(29-63,43-4-1-2-14-55-43)61-34-11-16-62(17-12-34)18-19-70-20-21-71-22-23-72-35-6-7-36-37(26-35)50(69)65(49(36)68)41-9-10-44(66)60-48(41)67/h1-2,4-8,14,24-27,30-31,34,41,61H,3,9-13,15-23,28-29H2,(H2,54,57,58)(H,60,66,67)/t41?,51-/m1/s1. The summed E-state index contributed by atoms with van der Waals surface area (Å²) in [6, 6.07) is 15.6. The number of benzene rings is 2. The molecule has 0 radical (unpaired) electrons. The molecule has 2 atom stereocenters. The van der Waals surface area contributed by atoms with Crippen LogP contribution in [0.3, 0.4) is 0 Å². The molecule has 0 saturated carbocycles. The number of nitrogens with one attached hydrogen (secondary N) is 2. The Morgan fingerprint density at radius 2 is 1.64 bits per heavy atom. The summed E-state index contributed by atoms with van der Waals surface area (Å²) in [5, 5.41) is 6.31. The number of carbonyl (C=O) groups excluding carboxylic acids is 4. The Balaban J connectivity index is 0.707. The molecule has 4 aliphatic rings.